The Balaban J connectivity index is 1.58. The highest BCUT2D eigenvalue weighted by molar-refractivity contribution is 7.92. The number of benzene rings is 1. The summed E-state index contributed by atoms with van der Waals surface area (Å²) in [7, 11) is -2.19. The van der Waals surface area contributed by atoms with Crippen molar-refractivity contribution in [2.24, 2.45) is 0 Å². The topological polar surface area (TPSA) is 71.5 Å². The third-order valence-corrected chi connectivity index (χ3v) is 7.55. The van der Waals surface area contributed by atoms with Gasteiger partial charge in [-0.05, 0) is 61.1 Å². The van der Waals surface area contributed by atoms with Crippen LogP contribution in [0, 0.1) is 0 Å². The van der Waals surface area contributed by atoms with Crippen LogP contribution in [-0.2, 0) is 22.9 Å². The molecule has 29 heavy (non-hydrogen) atoms. The van der Waals surface area contributed by atoms with Gasteiger partial charge in [0, 0.05) is 25.2 Å². The number of sulfonamides is 1. The third-order valence-electron chi connectivity index (χ3n) is 6.17. The van der Waals surface area contributed by atoms with Crippen molar-refractivity contribution in [1.29, 1.82) is 0 Å². The van der Waals surface area contributed by atoms with Crippen LogP contribution in [0.3, 0.4) is 0 Å². The van der Waals surface area contributed by atoms with Gasteiger partial charge in [0.2, 0.25) is 5.88 Å². The molecule has 1 aromatic heterocycles. The number of nitrogens with zero attached hydrogens (tertiary/aromatic N) is 2. The van der Waals surface area contributed by atoms with Crippen LogP contribution < -0.4 is 9.46 Å². The largest absolute Gasteiger partial charge is 0.479 e. The number of likely N-dealkylation sites (N-methyl/N-ethyl adjacent to an activating group) is 1. The van der Waals surface area contributed by atoms with Crippen molar-refractivity contribution in [2.75, 3.05) is 31.5 Å². The zero-order valence-corrected chi connectivity index (χ0v) is 18.0. The van der Waals surface area contributed by atoms with Gasteiger partial charge in [-0.25, -0.2) is 13.4 Å². The predicted molar refractivity (Wildman–Crippen MR) is 114 cm³/mol. The van der Waals surface area contributed by atoms with Crippen molar-refractivity contribution in [2.45, 2.75) is 49.8 Å². The maximum atomic E-state index is 13.0. The van der Waals surface area contributed by atoms with Gasteiger partial charge in [-0.3, -0.25) is 4.72 Å². The van der Waals surface area contributed by atoms with E-state index >= 15 is 0 Å². The third kappa shape index (κ3) is 4.26. The molecule has 2 heterocycles. The fraction of sp³-hybridized carbons (Fsp3) is 0.500. The van der Waals surface area contributed by atoms with Gasteiger partial charge < -0.3 is 9.64 Å². The van der Waals surface area contributed by atoms with Crippen molar-refractivity contribution in [3.8, 4) is 5.88 Å². The number of aromatic nitrogens is 1. The number of anilines is 1. The Morgan fingerprint density at radius 2 is 1.90 bits per heavy atom. The van der Waals surface area contributed by atoms with Gasteiger partial charge in [-0.1, -0.05) is 25.5 Å². The first kappa shape index (κ1) is 20.2. The summed E-state index contributed by atoms with van der Waals surface area (Å²) in [6.45, 7) is 5.06. The van der Waals surface area contributed by atoms with E-state index in [4.69, 9.17) is 4.74 Å². The van der Waals surface area contributed by atoms with Gasteiger partial charge in [-0.2, -0.15) is 0 Å². The monoisotopic (exact) mass is 415 g/mol. The van der Waals surface area contributed by atoms with Gasteiger partial charge >= 0.3 is 0 Å². The van der Waals surface area contributed by atoms with Crippen LogP contribution in [0.4, 0.5) is 5.69 Å². The average Bonchev–Trinajstić information content (AvgIpc) is 2.88. The molecule has 0 amide bonds. The summed E-state index contributed by atoms with van der Waals surface area (Å²) in [6, 6.07) is 9.14. The van der Waals surface area contributed by atoms with Crippen molar-refractivity contribution in [3.05, 3.63) is 47.2 Å². The number of nitrogens with one attached hydrogen (secondary N) is 1. The molecule has 0 saturated heterocycles. The van der Waals surface area contributed by atoms with E-state index in [1.165, 1.54) is 31.9 Å². The van der Waals surface area contributed by atoms with Crippen LogP contribution in [0.5, 0.6) is 5.88 Å². The first-order valence-electron chi connectivity index (χ1n) is 10.4. The van der Waals surface area contributed by atoms with E-state index < -0.39 is 10.0 Å². The van der Waals surface area contributed by atoms with Crippen LogP contribution in [0.25, 0.3) is 0 Å². The number of pyridine rings is 1. The van der Waals surface area contributed by atoms with Crippen molar-refractivity contribution < 1.29 is 13.2 Å². The molecule has 1 aromatic carbocycles. The van der Waals surface area contributed by atoms with Gasteiger partial charge in [-0.15, -0.1) is 0 Å². The standard InChI is InChI=1S/C22H29N3O3S/c1-3-25-13-11-18-15-21(22(28-2)23-20(18)12-14-25)24-29(26,27)19-9-7-17(8-10-19)16-5-4-6-16/h7-10,15-16,24H,3-6,11-14H2,1-2H3. The molecule has 0 spiro atoms. The Morgan fingerprint density at radius 1 is 1.17 bits per heavy atom. The molecule has 2 aromatic rings. The van der Waals surface area contributed by atoms with Crippen LogP contribution in [0.2, 0.25) is 0 Å². The highest BCUT2D eigenvalue weighted by Gasteiger charge is 2.23. The van der Waals surface area contributed by atoms with E-state index in [-0.39, 0.29) is 4.90 Å². The van der Waals surface area contributed by atoms with Gasteiger partial charge in [0.1, 0.15) is 5.69 Å². The molecule has 4 rings (SSSR count). The number of hydrogen-bond acceptors (Lipinski definition) is 5. The lowest BCUT2D eigenvalue weighted by Crippen LogP contribution is -2.25. The Labute approximate surface area is 173 Å². The van der Waals surface area contributed by atoms with Crippen LogP contribution >= 0.6 is 0 Å². The Bertz CT molecular complexity index is 970. The van der Waals surface area contributed by atoms with E-state index in [2.05, 4.69) is 21.5 Å². The number of ether oxygens (including phenoxy) is 1. The summed E-state index contributed by atoms with van der Waals surface area (Å²) in [5.74, 6) is 0.902. The second-order valence-electron chi connectivity index (χ2n) is 7.89. The van der Waals surface area contributed by atoms with Crippen molar-refractivity contribution in [3.63, 3.8) is 0 Å². The average molecular weight is 416 g/mol. The molecule has 0 unspecified atom stereocenters. The molecule has 1 aliphatic heterocycles. The molecule has 1 saturated carbocycles. The first-order chi connectivity index (χ1) is 14.0. The van der Waals surface area contributed by atoms with Crippen LogP contribution in [0.15, 0.2) is 35.2 Å². The molecule has 7 heteroatoms. The summed E-state index contributed by atoms with van der Waals surface area (Å²) in [6.07, 6.45) is 5.34. The van der Waals surface area contributed by atoms with E-state index in [0.29, 0.717) is 17.5 Å². The van der Waals surface area contributed by atoms with Crippen LogP contribution in [-0.4, -0.2) is 45.0 Å². The quantitative estimate of drug-likeness (QED) is 0.781. The minimum atomic E-state index is -3.71. The Kier molecular flexibility index (Phi) is 5.79. The highest BCUT2D eigenvalue weighted by Crippen LogP contribution is 2.36. The van der Waals surface area contributed by atoms with Gasteiger partial charge in [0.05, 0.1) is 12.0 Å². The van der Waals surface area contributed by atoms with Crippen molar-refractivity contribution >= 4 is 15.7 Å². The first-order valence-corrected chi connectivity index (χ1v) is 11.9. The lowest BCUT2D eigenvalue weighted by Gasteiger charge is -2.25. The minimum Gasteiger partial charge on any atom is -0.479 e. The molecule has 2 aliphatic rings. The summed E-state index contributed by atoms with van der Waals surface area (Å²) in [5, 5.41) is 0. The second-order valence-corrected chi connectivity index (χ2v) is 9.57. The van der Waals surface area contributed by atoms with E-state index in [1.807, 2.05) is 18.2 Å². The maximum absolute atomic E-state index is 13.0. The Morgan fingerprint density at radius 3 is 2.52 bits per heavy atom. The molecular weight excluding hydrogens is 386 g/mol. The van der Waals surface area contributed by atoms with Crippen molar-refractivity contribution in [1.82, 2.24) is 9.88 Å². The maximum Gasteiger partial charge on any atom is 0.262 e. The normalized spacial score (nSPS) is 17.9. The fourth-order valence-electron chi connectivity index (χ4n) is 4.07. The minimum absolute atomic E-state index is 0.259. The molecule has 1 fully saturated rings. The van der Waals surface area contributed by atoms with Crippen LogP contribution in [0.1, 0.15) is 48.9 Å². The highest BCUT2D eigenvalue weighted by atomic mass is 32.2. The lowest BCUT2D eigenvalue weighted by atomic mass is 9.80. The molecule has 0 bridgehead atoms. The summed E-state index contributed by atoms with van der Waals surface area (Å²) in [5.41, 5.74) is 3.70. The molecule has 0 atom stereocenters. The predicted octanol–water partition coefficient (Wildman–Crippen LogP) is 3.58. The molecule has 156 valence electrons. The number of rotatable bonds is 6. The van der Waals surface area contributed by atoms with Gasteiger partial charge in [0.15, 0.2) is 0 Å². The number of fused-ring (bicyclic) bond motifs is 1. The molecule has 1 aliphatic carbocycles. The number of methoxy groups -OCH3 is 1. The smallest absolute Gasteiger partial charge is 0.262 e. The molecule has 1 N–H and O–H groups in total. The van der Waals surface area contributed by atoms with E-state index in [1.54, 1.807) is 12.1 Å². The van der Waals surface area contributed by atoms with E-state index in [0.717, 1.165) is 43.7 Å². The second kappa shape index (κ2) is 8.32. The number of hydrogen-bond donors (Lipinski definition) is 1. The summed E-state index contributed by atoms with van der Waals surface area (Å²) >= 11 is 0. The van der Waals surface area contributed by atoms with E-state index in [9.17, 15) is 8.42 Å². The zero-order chi connectivity index (χ0) is 20.4. The SMILES string of the molecule is CCN1CCc2cc(NS(=O)(=O)c3ccc(C4CCC4)cc3)c(OC)nc2CC1. The molecule has 6 nitrogen and oxygen atoms in total. The fourth-order valence-corrected chi connectivity index (χ4v) is 5.12. The zero-order valence-electron chi connectivity index (χ0n) is 17.1. The molecule has 0 radical (unpaired) electrons. The molecular formula is C22H29N3O3S. The van der Waals surface area contributed by atoms with Gasteiger partial charge in [0.25, 0.3) is 10.0 Å². The Hall–Kier alpha value is -2.12. The lowest BCUT2D eigenvalue weighted by molar-refractivity contribution is 0.303. The summed E-state index contributed by atoms with van der Waals surface area (Å²) in [4.78, 5) is 7.25. The summed E-state index contributed by atoms with van der Waals surface area (Å²) < 4.78 is 34.0.